The van der Waals surface area contributed by atoms with Gasteiger partial charge in [0, 0.05) is 13.2 Å². The average Bonchev–Trinajstić information content (AvgIpc) is 2.93. The number of sulfonamides is 1. The van der Waals surface area contributed by atoms with Gasteiger partial charge < -0.3 is 5.11 Å². The van der Waals surface area contributed by atoms with Gasteiger partial charge in [-0.3, -0.25) is 4.68 Å². The van der Waals surface area contributed by atoms with Crippen molar-refractivity contribution >= 4 is 21.4 Å². The van der Waals surface area contributed by atoms with Crippen LogP contribution in [0.4, 0.5) is 0 Å². The molecule has 2 heterocycles. The van der Waals surface area contributed by atoms with E-state index in [4.69, 9.17) is 0 Å². The van der Waals surface area contributed by atoms with Crippen molar-refractivity contribution in [3.63, 3.8) is 0 Å². The van der Waals surface area contributed by atoms with E-state index in [0.29, 0.717) is 16.1 Å². The van der Waals surface area contributed by atoms with Crippen LogP contribution in [0.3, 0.4) is 0 Å². The predicted octanol–water partition coefficient (Wildman–Crippen LogP) is 0.761. The van der Waals surface area contributed by atoms with E-state index in [1.807, 2.05) is 0 Å². The summed E-state index contributed by atoms with van der Waals surface area (Å²) in [6.07, 6.45) is 1.75. The van der Waals surface area contributed by atoms with Gasteiger partial charge in [0.25, 0.3) is 0 Å². The molecule has 0 bridgehead atoms. The molecule has 0 atom stereocenters. The summed E-state index contributed by atoms with van der Waals surface area (Å²) < 4.78 is 28.6. The minimum absolute atomic E-state index is 0.128. The molecule has 19 heavy (non-hydrogen) atoms. The van der Waals surface area contributed by atoms with Crippen LogP contribution in [0.15, 0.2) is 22.5 Å². The fraction of sp³-hybridized carbons (Fsp3) is 0.364. The zero-order chi connectivity index (χ0) is 14.0. The normalized spacial score (nSPS) is 11.9. The summed E-state index contributed by atoms with van der Waals surface area (Å²) in [7, 11) is -1.86. The number of hydrogen-bond acceptors (Lipinski definition) is 5. The van der Waals surface area contributed by atoms with Crippen molar-refractivity contribution in [2.45, 2.75) is 25.0 Å². The van der Waals surface area contributed by atoms with E-state index in [1.54, 1.807) is 36.3 Å². The first-order chi connectivity index (χ1) is 8.94. The fourth-order valence-electron chi connectivity index (χ4n) is 1.76. The van der Waals surface area contributed by atoms with Gasteiger partial charge in [-0.25, -0.2) is 13.1 Å². The summed E-state index contributed by atoms with van der Waals surface area (Å²) in [6.45, 7) is 1.56. The Labute approximate surface area is 115 Å². The molecular weight excluding hydrogens is 286 g/mol. The predicted molar refractivity (Wildman–Crippen MR) is 72.2 cm³/mol. The molecule has 0 fully saturated rings. The molecule has 0 saturated heterocycles. The highest BCUT2D eigenvalue weighted by Gasteiger charge is 2.22. The SMILES string of the molecule is Cc1csc(CO)c1S(=O)(=O)NCc1ccn(C)n1. The molecule has 2 N–H and O–H groups in total. The number of rotatable bonds is 5. The van der Waals surface area contributed by atoms with Gasteiger partial charge in [0.15, 0.2) is 0 Å². The van der Waals surface area contributed by atoms with Gasteiger partial charge in [0.1, 0.15) is 4.90 Å². The van der Waals surface area contributed by atoms with Crippen molar-refractivity contribution < 1.29 is 13.5 Å². The Balaban J connectivity index is 2.20. The minimum atomic E-state index is -3.63. The van der Waals surface area contributed by atoms with E-state index < -0.39 is 10.0 Å². The summed E-state index contributed by atoms with van der Waals surface area (Å²) >= 11 is 1.24. The van der Waals surface area contributed by atoms with Crippen molar-refractivity contribution in [2.24, 2.45) is 7.05 Å². The Morgan fingerprint density at radius 3 is 2.84 bits per heavy atom. The molecule has 0 aliphatic carbocycles. The van der Waals surface area contributed by atoms with Gasteiger partial charge >= 0.3 is 0 Å². The Morgan fingerprint density at radius 2 is 2.26 bits per heavy atom. The lowest BCUT2D eigenvalue weighted by Gasteiger charge is -2.07. The Kier molecular flexibility index (Phi) is 4.04. The van der Waals surface area contributed by atoms with E-state index >= 15 is 0 Å². The van der Waals surface area contributed by atoms with Crippen LogP contribution in [0, 0.1) is 6.92 Å². The standard InChI is InChI=1S/C11H15N3O3S2/c1-8-7-18-10(6-15)11(8)19(16,17)12-5-9-3-4-14(2)13-9/h3-4,7,12,15H,5-6H2,1-2H3. The monoisotopic (exact) mass is 301 g/mol. The van der Waals surface area contributed by atoms with Gasteiger partial charge in [0.2, 0.25) is 10.0 Å². The van der Waals surface area contributed by atoms with E-state index in [-0.39, 0.29) is 18.0 Å². The second-order valence-corrected chi connectivity index (χ2v) is 6.80. The van der Waals surface area contributed by atoms with Crippen LogP contribution in [-0.4, -0.2) is 23.3 Å². The summed E-state index contributed by atoms with van der Waals surface area (Å²) in [4.78, 5) is 0.627. The zero-order valence-corrected chi connectivity index (χ0v) is 12.3. The quantitative estimate of drug-likeness (QED) is 0.854. The number of aromatic nitrogens is 2. The molecule has 0 radical (unpaired) electrons. The molecule has 2 rings (SSSR count). The lowest BCUT2D eigenvalue weighted by Crippen LogP contribution is -2.24. The van der Waals surface area contributed by atoms with E-state index in [9.17, 15) is 13.5 Å². The first-order valence-electron chi connectivity index (χ1n) is 5.60. The summed E-state index contributed by atoms with van der Waals surface area (Å²) in [5.41, 5.74) is 1.28. The topological polar surface area (TPSA) is 84.2 Å². The molecule has 6 nitrogen and oxygen atoms in total. The molecule has 0 aliphatic rings. The average molecular weight is 301 g/mol. The van der Waals surface area contributed by atoms with Crippen LogP contribution in [-0.2, 0) is 30.2 Å². The van der Waals surface area contributed by atoms with Gasteiger partial charge in [-0.15, -0.1) is 11.3 Å². The molecule has 104 valence electrons. The van der Waals surface area contributed by atoms with Crippen LogP contribution in [0.1, 0.15) is 16.1 Å². The summed E-state index contributed by atoms with van der Waals surface area (Å²) in [6, 6.07) is 1.75. The Bertz CT molecular complexity index is 673. The van der Waals surface area contributed by atoms with Gasteiger partial charge in [-0.05, 0) is 23.9 Å². The second-order valence-electron chi connectivity index (χ2n) is 4.13. The molecule has 0 aromatic carbocycles. The van der Waals surface area contributed by atoms with Crippen molar-refractivity contribution in [2.75, 3.05) is 0 Å². The van der Waals surface area contributed by atoms with E-state index in [0.717, 1.165) is 0 Å². The maximum Gasteiger partial charge on any atom is 0.242 e. The van der Waals surface area contributed by atoms with E-state index in [1.165, 1.54) is 11.3 Å². The van der Waals surface area contributed by atoms with Crippen molar-refractivity contribution in [3.8, 4) is 0 Å². The smallest absolute Gasteiger partial charge is 0.242 e. The summed E-state index contributed by atoms with van der Waals surface area (Å²) in [5, 5.41) is 15.0. The molecule has 2 aromatic heterocycles. The molecular formula is C11H15N3O3S2. The molecule has 0 aliphatic heterocycles. The van der Waals surface area contributed by atoms with Crippen LogP contribution in [0.2, 0.25) is 0 Å². The number of nitrogens with one attached hydrogen (secondary N) is 1. The van der Waals surface area contributed by atoms with Crippen molar-refractivity contribution in [3.05, 3.63) is 33.8 Å². The molecule has 0 spiro atoms. The summed E-state index contributed by atoms with van der Waals surface area (Å²) in [5.74, 6) is 0. The van der Waals surface area contributed by atoms with Crippen LogP contribution < -0.4 is 4.72 Å². The van der Waals surface area contributed by atoms with E-state index in [2.05, 4.69) is 9.82 Å². The molecule has 0 saturated carbocycles. The largest absolute Gasteiger partial charge is 0.391 e. The van der Waals surface area contributed by atoms with Gasteiger partial charge in [-0.1, -0.05) is 0 Å². The number of hydrogen-bond donors (Lipinski definition) is 2. The molecule has 0 amide bonds. The van der Waals surface area contributed by atoms with Crippen LogP contribution >= 0.6 is 11.3 Å². The third-order valence-electron chi connectivity index (χ3n) is 2.61. The lowest BCUT2D eigenvalue weighted by atomic mass is 10.3. The fourth-order valence-corrected chi connectivity index (χ4v) is 4.41. The highest BCUT2D eigenvalue weighted by Crippen LogP contribution is 2.26. The number of aryl methyl sites for hydroxylation is 2. The zero-order valence-electron chi connectivity index (χ0n) is 10.6. The number of nitrogens with zero attached hydrogens (tertiary/aromatic N) is 2. The maximum absolute atomic E-state index is 12.2. The first kappa shape index (κ1) is 14.2. The highest BCUT2D eigenvalue weighted by molar-refractivity contribution is 7.89. The van der Waals surface area contributed by atoms with Gasteiger partial charge in [0.05, 0.1) is 23.7 Å². The third-order valence-corrected chi connectivity index (χ3v) is 5.46. The minimum Gasteiger partial charge on any atom is -0.391 e. The lowest BCUT2D eigenvalue weighted by molar-refractivity contribution is 0.282. The number of aliphatic hydroxyl groups excluding tert-OH is 1. The first-order valence-corrected chi connectivity index (χ1v) is 7.96. The van der Waals surface area contributed by atoms with Crippen LogP contribution in [0.25, 0.3) is 0 Å². The van der Waals surface area contributed by atoms with Crippen molar-refractivity contribution in [1.29, 1.82) is 0 Å². The number of aliphatic hydroxyl groups is 1. The van der Waals surface area contributed by atoms with Crippen molar-refractivity contribution in [1.82, 2.24) is 14.5 Å². The van der Waals surface area contributed by atoms with Crippen LogP contribution in [0.5, 0.6) is 0 Å². The van der Waals surface area contributed by atoms with Gasteiger partial charge in [-0.2, -0.15) is 5.10 Å². The third kappa shape index (κ3) is 3.03. The molecule has 2 aromatic rings. The highest BCUT2D eigenvalue weighted by atomic mass is 32.2. The maximum atomic E-state index is 12.2. The molecule has 0 unspecified atom stereocenters. The second kappa shape index (κ2) is 5.41. The molecule has 8 heteroatoms. The number of thiophene rings is 1. The Hall–Kier alpha value is -1.22. The Morgan fingerprint density at radius 1 is 1.53 bits per heavy atom.